The standard InChI is InChI=1S/C16H21NO5S/c1-10(22-11-4-6-13(23-3)7-5-11)15(18)17-9-12(21-2)8-14(17)16(19)20/h4-7,10,12,14H,8-9H2,1-3H3,(H,19,20). The number of methoxy groups -OCH3 is 1. The summed E-state index contributed by atoms with van der Waals surface area (Å²) in [5, 5.41) is 9.28. The average molecular weight is 339 g/mol. The molecular formula is C16H21NO5S. The first kappa shape index (κ1) is 17.6. The van der Waals surface area contributed by atoms with Crippen molar-refractivity contribution in [1.82, 2.24) is 4.90 Å². The lowest BCUT2D eigenvalue weighted by Crippen LogP contribution is -2.46. The number of carbonyl (C=O) groups is 2. The molecule has 1 aromatic rings. The van der Waals surface area contributed by atoms with Crippen LogP contribution in [-0.2, 0) is 14.3 Å². The third-order valence-electron chi connectivity index (χ3n) is 3.88. The number of rotatable bonds is 6. The maximum Gasteiger partial charge on any atom is 0.326 e. The first-order chi connectivity index (χ1) is 11.0. The molecule has 3 atom stereocenters. The maximum absolute atomic E-state index is 12.5. The van der Waals surface area contributed by atoms with Crippen LogP contribution in [0.5, 0.6) is 5.75 Å². The number of carbonyl (C=O) groups excluding carboxylic acids is 1. The summed E-state index contributed by atoms with van der Waals surface area (Å²) in [5.74, 6) is -0.779. The van der Waals surface area contributed by atoms with Gasteiger partial charge in [0, 0.05) is 25.0 Å². The third kappa shape index (κ3) is 4.17. The minimum Gasteiger partial charge on any atom is -0.481 e. The van der Waals surface area contributed by atoms with E-state index in [9.17, 15) is 14.7 Å². The van der Waals surface area contributed by atoms with Gasteiger partial charge in [-0.2, -0.15) is 0 Å². The van der Waals surface area contributed by atoms with Gasteiger partial charge in [0.1, 0.15) is 11.8 Å². The predicted molar refractivity (Wildman–Crippen MR) is 86.9 cm³/mol. The number of hydrogen-bond acceptors (Lipinski definition) is 5. The van der Waals surface area contributed by atoms with E-state index >= 15 is 0 Å². The van der Waals surface area contributed by atoms with E-state index in [1.807, 2.05) is 18.4 Å². The molecule has 2 rings (SSSR count). The summed E-state index contributed by atoms with van der Waals surface area (Å²) in [6, 6.07) is 6.55. The van der Waals surface area contributed by atoms with Crippen LogP contribution in [-0.4, -0.2) is 60.0 Å². The van der Waals surface area contributed by atoms with E-state index in [1.54, 1.807) is 30.8 Å². The van der Waals surface area contributed by atoms with Gasteiger partial charge in [0.15, 0.2) is 6.10 Å². The highest BCUT2D eigenvalue weighted by Crippen LogP contribution is 2.24. The fourth-order valence-corrected chi connectivity index (χ4v) is 3.00. The zero-order chi connectivity index (χ0) is 17.0. The van der Waals surface area contributed by atoms with E-state index in [1.165, 1.54) is 12.0 Å². The zero-order valence-electron chi connectivity index (χ0n) is 13.4. The summed E-state index contributed by atoms with van der Waals surface area (Å²) >= 11 is 1.62. The summed E-state index contributed by atoms with van der Waals surface area (Å²) in [5.41, 5.74) is 0. The molecule has 1 heterocycles. The molecule has 1 aromatic carbocycles. The number of benzene rings is 1. The van der Waals surface area contributed by atoms with E-state index in [0.717, 1.165) is 4.90 Å². The van der Waals surface area contributed by atoms with Gasteiger partial charge in [0.2, 0.25) is 0 Å². The highest BCUT2D eigenvalue weighted by Gasteiger charge is 2.41. The van der Waals surface area contributed by atoms with Gasteiger partial charge in [-0.15, -0.1) is 11.8 Å². The molecule has 0 radical (unpaired) electrons. The summed E-state index contributed by atoms with van der Waals surface area (Å²) in [6.45, 7) is 1.90. The first-order valence-corrected chi connectivity index (χ1v) is 8.55. The Hall–Kier alpha value is -1.73. The Kier molecular flexibility index (Phi) is 5.90. The van der Waals surface area contributed by atoms with Crippen LogP contribution in [0.1, 0.15) is 13.3 Å². The number of carboxylic acids is 1. The van der Waals surface area contributed by atoms with Gasteiger partial charge in [-0.3, -0.25) is 4.79 Å². The molecule has 0 saturated carbocycles. The Morgan fingerprint density at radius 2 is 2.00 bits per heavy atom. The second-order valence-electron chi connectivity index (χ2n) is 5.37. The second-order valence-corrected chi connectivity index (χ2v) is 6.25. The fourth-order valence-electron chi connectivity index (χ4n) is 2.59. The van der Waals surface area contributed by atoms with Crippen molar-refractivity contribution in [3.63, 3.8) is 0 Å². The molecule has 6 nitrogen and oxygen atoms in total. The van der Waals surface area contributed by atoms with Crippen LogP contribution in [0.4, 0.5) is 0 Å². The topological polar surface area (TPSA) is 76.1 Å². The molecule has 0 aromatic heterocycles. The summed E-state index contributed by atoms with van der Waals surface area (Å²) in [7, 11) is 1.52. The number of ether oxygens (including phenoxy) is 2. The molecule has 0 spiro atoms. The van der Waals surface area contributed by atoms with Crippen molar-refractivity contribution >= 4 is 23.6 Å². The Labute approximate surface area is 139 Å². The maximum atomic E-state index is 12.5. The fraction of sp³-hybridized carbons (Fsp3) is 0.500. The van der Waals surface area contributed by atoms with Gasteiger partial charge >= 0.3 is 5.97 Å². The van der Waals surface area contributed by atoms with Crippen LogP contribution >= 0.6 is 11.8 Å². The van der Waals surface area contributed by atoms with E-state index in [2.05, 4.69) is 0 Å². The number of likely N-dealkylation sites (tertiary alicyclic amines) is 1. The predicted octanol–water partition coefficient (Wildman–Crippen LogP) is 1.88. The van der Waals surface area contributed by atoms with Gasteiger partial charge in [-0.25, -0.2) is 4.79 Å². The molecule has 23 heavy (non-hydrogen) atoms. The van der Waals surface area contributed by atoms with Crippen LogP contribution < -0.4 is 4.74 Å². The van der Waals surface area contributed by atoms with Crippen molar-refractivity contribution in [3.05, 3.63) is 24.3 Å². The molecule has 7 heteroatoms. The molecule has 1 amide bonds. The van der Waals surface area contributed by atoms with Crippen molar-refractivity contribution in [3.8, 4) is 5.75 Å². The van der Waals surface area contributed by atoms with E-state index < -0.39 is 18.1 Å². The Balaban J connectivity index is 2.04. The third-order valence-corrected chi connectivity index (χ3v) is 4.63. The monoisotopic (exact) mass is 339 g/mol. The lowest BCUT2D eigenvalue weighted by atomic mass is 10.2. The van der Waals surface area contributed by atoms with E-state index in [-0.39, 0.29) is 18.6 Å². The zero-order valence-corrected chi connectivity index (χ0v) is 14.2. The molecule has 1 aliphatic heterocycles. The number of amides is 1. The van der Waals surface area contributed by atoms with Gasteiger partial charge in [0.05, 0.1) is 6.10 Å². The Bertz CT molecular complexity index is 562. The SMILES string of the molecule is COC1CC(C(=O)O)N(C(=O)C(C)Oc2ccc(SC)cc2)C1. The largest absolute Gasteiger partial charge is 0.481 e. The van der Waals surface area contributed by atoms with Gasteiger partial charge < -0.3 is 19.5 Å². The van der Waals surface area contributed by atoms with Gasteiger partial charge in [-0.1, -0.05) is 0 Å². The molecule has 1 aliphatic rings. The van der Waals surface area contributed by atoms with Gasteiger partial charge in [0.25, 0.3) is 5.91 Å². The number of aliphatic carboxylic acids is 1. The number of carboxylic acid groups (broad SMARTS) is 1. The Morgan fingerprint density at radius 3 is 2.52 bits per heavy atom. The lowest BCUT2D eigenvalue weighted by molar-refractivity contribution is -0.150. The van der Waals surface area contributed by atoms with E-state index in [0.29, 0.717) is 12.2 Å². The van der Waals surface area contributed by atoms with E-state index in [4.69, 9.17) is 9.47 Å². The minimum atomic E-state index is -1.02. The smallest absolute Gasteiger partial charge is 0.326 e. The Morgan fingerprint density at radius 1 is 1.35 bits per heavy atom. The van der Waals surface area contributed by atoms with Crippen LogP contribution in [0.15, 0.2) is 29.2 Å². The molecule has 0 bridgehead atoms. The van der Waals surface area contributed by atoms with Crippen LogP contribution in [0.3, 0.4) is 0 Å². The van der Waals surface area contributed by atoms with Crippen molar-refractivity contribution in [1.29, 1.82) is 0 Å². The summed E-state index contributed by atoms with van der Waals surface area (Å²) in [4.78, 5) is 26.3. The molecule has 1 N–H and O–H groups in total. The van der Waals surface area contributed by atoms with Crippen molar-refractivity contribution < 1.29 is 24.2 Å². The quantitative estimate of drug-likeness (QED) is 0.798. The van der Waals surface area contributed by atoms with Crippen molar-refractivity contribution in [2.24, 2.45) is 0 Å². The molecule has 0 aliphatic carbocycles. The number of nitrogens with zero attached hydrogens (tertiary/aromatic N) is 1. The van der Waals surface area contributed by atoms with Crippen LogP contribution in [0.2, 0.25) is 0 Å². The lowest BCUT2D eigenvalue weighted by Gasteiger charge is -2.25. The molecule has 126 valence electrons. The number of thioether (sulfide) groups is 1. The molecule has 1 fully saturated rings. The molecule has 1 saturated heterocycles. The van der Waals surface area contributed by atoms with Crippen molar-refractivity contribution in [2.45, 2.75) is 36.5 Å². The highest BCUT2D eigenvalue weighted by atomic mass is 32.2. The molecular weight excluding hydrogens is 318 g/mol. The summed E-state index contributed by atoms with van der Waals surface area (Å²) < 4.78 is 10.8. The first-order valence-electron chi connectivity index (χ1n) is 7.33. The van der Waals surface area contributed by atoms with Gasteiger partial charge in [-0.05, 0) is 37.4 Å². The van der Waals surface area contributed by atoms with Crippen molar-refractivity contribution in [2.75, 3.05) is 19.9 Å². The summed E-state index contributed by atoms with van der Waals surface area (Å²) in [6.07, 6.45) is 1.26. The highest BCUT2D eigenvalue weighted by molar-refractivity contribution is 7.98. The minimum absolute atomic E-state index is 0.256. The molecule has 3 unspecified atom stereocenters. The second kappa shape index (κ2) is 7.70. The number of hydrogen-bond donors (Lipinski definition) is 1. The normalized spacial score (nSPS) is 22.0. The average Bonchev–Trinajstić information content (AvgIpc) is 2.99. The van der Waals surface area contributed by atoms with Crippen LogP contribution in [0.25, 0.3) is 0 Å². The van der Waals surface area contributed by atoms with Crippen LogP contribution in [0, 0.1) is 0 Å².